The molecular weight excluding hydrogens is 406 g/mol. The first-order valence-corrected chi connectivity index (χ1v) is 10.1. The molecule has 0 radical (unpaired) electrons. The smallest absolute Gasteiger partial charge is 0.258 e. The summed E-state index contributed by atoms with van der Waals surface area (Å²) in [5, 5.41) is 4.15. The summed E-state index contributed by atoms with van der Waals surface area (Å²) in [6, 6.07) is 16.2. The van der Waals surface area contributed by atoms with Crippen molar-refractivity contribution in [2.75, 3.05) is 19.5 Å². The minimum Gasteiger partial charge on any atom is -0.497 e. The molecular formula is C25H23N3O4. The van der Waals surface area contributed by atoms with Crippen LogP contribution in [0.15, 0.2) is 78.0 Å². The zero-order valence-corrected chi connectivity index (χ0v) is 17.9. The van der Waals surface area contributed by atoms with Gasteiger partial charge in [-0.25, -0.2) is 0 Å². The maximum Gasteiger partial charge on any atom is 0.258 e. The van der Waals surface area contributed by atoms with E-state index in [0.717, 1.165) is 5.56 Å². The first-order chi connectivity index (χ1) is 15.6. The number of methoxy groups -OCH3 is 2. The van der Waals surface area contributed by atoms with Gasteiger partial charge in [-0.3, -0.25) is 14.6 Å². The Morgan fingerprint density at radius 1 is 1.03 bits per heavy atom. The molecule has 4 aromatic rings. The van der Waals surface area contributed by atoms with Crippen molar-refractivity contribution >= 4 is 22.4 Å². The Hall–Kier alpha value is -4.13. The summed E-state index contributed by atoms with van der Waals surface area (Å²) < 4.78 is 12.2. The molecule has 32 heavy (non-hydrogen) atoms. The number of benzene rings is 2. The Morgan fingerprint density at radius 3 is 2.66 bits per heavy atom. The number of amides is 1. The maximum absolute atomic E-state index is 13.0. The van der Waals surface area contributed by atoms with E-state index in [0.29, 0.717) is 40.1 Å². The summed E-state index contributed by atoms with van der Waals surface area (Å²) in [5.74, 6) is 1.04. The van der Waals surface area contributed by atoms with Gasteiger partial charge in [0.25, 0.3) is 5.56 Å². The van der Waals surface area contributed by atoms with Crippen molar-refractivity contribution in [1.82, 2.24) is 9.55 Å². The van der Waals surface area contributed by atoms with Crippen LogP contribution in [-0.2, 0) is 17.8 Å². The third-order valence-corrected chi connectivity index (χ3v) is 5.21. The van der Waals surface area contributed by atoms with Gasteiger partial charge in [-0.15, -0.1) is 0 Å². The summed E-state index contributed by atoms with van der Waals surface area (Å²) in [6.45, 7) is 0.425. The van der Waals surface area contributed by atoms with Gasteiger partial charge >= 0.3 is 0 Å². The minimum absolute atomic E-state index is 0.106. The van der Waals surface area contributed by atoms with Gasteiger partial charge in [0, 0.05) is 40.6 Å². The van der Waals surface area contributed by atoms with E-state index >= 15 is 0 Å². The van der Waals surface area contributed by atoms with E-state index in [9.17, 15) is 9.59 Å². The van der Waals surface area contributed by atoms with E-state index in [-0.39, 0.29) is 17.9 Å². The average Bonchev–Trinajstić information content (AvgIpc) is 2.82. The van der Waals surface area contributed by atoms with Gasteiger partial charge in [-0.2, -0.15) is 0 Å². The van der Waals surface area contributed by atoms with Gasteiger partial charge < -0.3 is 19.4 Å². The lowest BCUT2D eigenvalue weighted by Gasteiger charge is -2.13. The van der Waals surface area contributed by atoms with Crippen LogP contribution in [0.5, 0.6) is 11.5 Å². The van der Waals surface area contributed by atoms with E-state index in [2.05, 4.69) is 10.3 Å². The standard InChI is InChI=1S/C25H23N3O4/c1-31-19-8-9-23(32-2)18(13-19)14-24(29)27-22-7-3-6-21-20(22)10-12-28(25(21)30)16-17-5-4-11-26-15-17/h3-13,15H,14,16H2,1-2H3,(H,27,29). The van der Waals surface area contributed by atoms with Crippen LogP contribution >= 0.6 is 0 Å². The summed E-state index contributed by atoms with van der Waals surface area (Å²) in [7, 11) is 3.13. The van der Waals surface area contributed by atoms with Crippen LogP contribution in [0.2, 0.25) is 0 Å². The number of hydrogen-bond acceptors (Lipinski definition) is 5. The molecule has 7 nitrogen and oxygen atoms in total. The fourth-order valence-corrected chi connectivity index (χ4v) is 3.63. The molecule has 1 amide bonds. The highest BCUT2D eigenvalue weighted by atomic mass is 16.5. The molecule has 162 valence electrons. The van der Waals surface area contributed by atoms with Crippen LogP contribution in [-0.4, -0.2) is 29.7 Å². The number of hydrogen-bond donors (Lipinski definition) is 1. The Bertz CT molecular complexity index is 1320. The number of aromatic nitrogens is 2. The lowest BCUT2D eigenvalue weighted by Crippen LogP contribution is -2.21. The second-order valence-electron chi connectivity index (χ2n) is 7.28. The number of pyridine rings is 2. The van der Waals surface area contributed by atoms with Crippen molar-refractivity contribution in [2.24, 2.45) is 0 Å². The SMILES string of the molecule is COc1ccc(OC)c(CC(=O)Nc2cccc3c(=O)n(Cc4cccnc4)ccc23)c1. The zero-order valence-electron chi connectivity index (χ0n) is 17.9. The van der Waals surface area contributed by atoms with Crippen molar-refractivity contribution in [1.29, 1.82) is 0 Å². The van der Waals surface area contributed by atoms with Crippen molar-refractivity contribution in [2.45, 2.75) is 13.0 Å². The molecule has 2 aromatic heterocycles. The molecule has 0 aliphatic rings. The van der Waals surface area contributed by atoms with Gasteiger partial charge in [0.1, 0.15) is 11.5 Å². The van der Waals surface area contributed by atoms with Crippen LogP contribution < -0.4 is 20.3 Å². The summed E-state index contributed by atoms with van der Waals surface area (Å²) in [5.41, 5.74) is 2.10. The van der Waals surface area contributed by atoms with Crippen LogP contribution in [0.1, 0.15) is 11.1 Å². The number of nitrogens with one attached hydrogen (secondary N) is 1. The first kappa shape index (κ1) is 21.1. The number of fused-ring (bicyclic) bond motifs is 1. The van der Waals surface area contributed by atoms with Crippen molar-refractivity contribution in [3.05, 3.63) is 94.7 Å². The summed E-state index contributed by atoms with van der Waals surface area (Å²) in [4.78, 5) is 29.9. The summed E-state index contributed by atoms with van der Waals surface area (Å²) >= 11 is 0. The van der Waals surface area contributed by atoms with E-state index in [4.69, 9.17) is 9.47 Å². The highest BCUT2D eigenvalue weighted by molar-refractivity contribution is 6.02. The zero-order chi connectivity index (χ0) is 22.5. The third kappa shape index (κ3) is 4.46. The molecule has 4 rings (SSSR count). The molecule has 0 fully saturated rings. The molecule has 2 heterocycles. The normalized spacial score (nSPS) is 10.7. The van der Waals surface area contributed by atoms with Gasteiger partial charge in [-0.1, -0.05) is 12.1 Å². The van der Waals surface area contributed by atoms with Crippen LogP contribution in [0.3, 0.4) is 0 Å². The van der Waals surface area contributed by atoms with Gasteiger partial charge in [-0.05, 0) is 48.0 Å². The van der Waals surface area contributed by atoms with Crippen molar-refractivity contribution in [3.63, 3.8) is 0 Å². The second-order valence-corrected chi connectivity index (χ2v) is 7.28. The lowest BCUT2D eigenvalue weighted by atomic mass is 10.1. The molecule has 0 unspecified atom stereocenters. The molecule has 0 atom stereocenters. The molecule has 0 spiro atoms. The van der Waals surface area contributed by atoms with E-state index in [1.54, 1.807) is 73.8 Å². The predicted molar refractivity (Wildman–Crippen MR) is 123 cm³/mol. The van der Waals surface area contributed by atoms with Crippen molar-refractivity contribution < 1.29 is 14.3 Å². The molecule has 0 saturated heterocycles. The van der Waals surface area contributed by atoms with Crippen LogP contribution in [0, 0.1) is 0 Å². The topological polar surface area (TPSA) is 82.5 Å². The Kier molecular flexibility index (Phi) is 6.17. The number of anilines is 1. The van der Waals surface area contributed by atoms with Gasteiger partial charge in [0.15, 0.2) is 0 Å². The van der Waals surface area contributed by atoms with Crippen molar-refractivity contribution in [3.8, 4) is 11.5 Å². The molecule has 2 aromatic carbocycles. The number of nitrogens with zero attached hydrogens (tertiary/aromatic N) is 2. The first-order valence-electron chi connectivity index (χ1n) is 10.1. The van der Waals surface area contributed by atoms with E-state index in [1.165, 1.54) is 0 Å². The number of carbonyl (C=O) groups excluding carboxylic acids is 1. The molecule has 0 saturated carbocycles. The third-order valence-electron chi connectivity index (χ3n) is 5.21. The molecule has 0 aliphatic heterocycles. The minimum atomic E-state index is -0.219. The second kappa shape index (κ2) is 9.34. The summed E-state index contributed by atoms with van der Waals surface area (Å²) in [6.07, 6.45) is 5.27. The number of rotatable bonds is 7. The fourth-order valence-electron chi connectivity index (χ4n) is 3.63. The van der Waals surface area contributed by atoms with Gasteiger partial charge in [0.05, 0.1) is 27.2 Å². The predicted octanol–water partition coefficient (Wildman–Crippen LogP) is 3.64. The molecule has 7 heteroatoms. The van der Waals surface area contributed by atoms with Crippen LogP contribution in [0.25, 0.3) is 10.8 Å². The van der Waals surface area contributed by atoms with Gasteiger partial charge in [0.2, 0.25) is 5.91 Å². The monoisotopic (exact) mass is 429 g/mol. The lowest BCUT2D eigenvalue weighted by molar-refractivity contribution is -0.115. The van der Waals surface area contributed by atoms with E-state index in [1.807, 2.05) is 18.2 Å². The highest BCUT2D eigenvalue weighted by Crippen LogP contribution is 2.26. The van der Waals surface area contributed by atoms with Crippen LogP contribution in [0.4, 0.5) is 5.69 Å². The Labute approximate surface area is 185 Å². The fraction of sp³-hybridized carbons (Fsp3) is 0.160. The highest BCUT2D eigenvalue weighted by Gasteiger charge is 2.13. The molecule has 1 N–H and O–H groups in total. The average molecular weight is 429 g/mol. The largest absolute Gasteiger partial charge is 0.497 e. The maximum atomic E-state index is 13.0. The Balaban J connectivity index is 1.59. The quantitative estimate of drug-likeness (QED) is 0.485. The Morgan fingerprint density at radius 2 is 1.91 bits per heavy atom. The molecule has 0 aliphatic carbocycles. The molecule has 0 bridgehead atoms. The number of ether oxygens (including phenoxy) is 2. The van der Waals surface area contributed by atoms with E-state index < -0.39 is 0 Å². The number of carbonyl (C=O) groups is 1.